The summed E-state index contributed by atoms with van der Waals surface area (Å²) in [6, 6.07) is 14.7. The van der Waals surface area contributed by atoms with E-state index in [0.29, 0.717) is 17.8 Å². The van der Waals surface area contributed by atoms with Crippen LogP contribution in [0.25, 0.3) is 10.9 Å². The molecule has 28 heavy (non-hydrogen) atoms. The second-order valence-electron chi connectivity index (χ2n) is 6.86. The van der Waals surface area contributed by atoms with Gasteiger partial charge in [-0.2, -0.15) is 0 Å². The van der Waals surface area contributed by atoms with Crippen LogP contribution in [0.4, 0.5) is 0 Å². The summed E-state index contributed by atoms with van der Waals surface area (Å²) in [6.45, 7) is 3.01. The summed E-state index contributed by atoms with van der Waals surface area (Å²) >= 11 is 0. The molecule has 3 aromatic rings. The van der Waals surface area contributed by atoms with Crippen molar-refractivity contribution in [1.82, 2.24) is 4.57 Å². The van der Waals surface area contributed by atoms with E-state index in [-0.39, 0.29) is 23.7 Å². The molecule has 1 N–H and O–H groups in total. The third-order valence-corrected chi connectivity index (χ3v) is 4.83. The monoisotopic (exact) mass is 381 g/mol. The molecule has 0 saturated heterocycles. The SMILES string of the molecule is CCCCCCn1c(=O)c(OCc2ccccc2)c(OC)c2ccc(O)cc21. The normalized spacial score (nSPS) is 10.9. The predicted octanol–water partition coefficient (Wildman–Crippen LogP) is 4.88. The highest BCUT2D eigenvalue weighted by atomic mass is 16.5. The summed E-state index contributed by atoms with van der Waals surface area (Å²) in [4.78, 5) is 13.2. The van der Waals surface area contributed by atoms with Crippen LogP contribution in [-0.2, 0) is 13.2 Å². The number of aromatic nitrogens is 1. The third kappa shape index (κ3) is 4.30. The molecule has 148 valence electrons. The first-order valence-corrected chi connectivity index (χ1v) is 9.76. The lowest BCUT2D eigenvalue weighted by Gasteiger charge is -2.17. The van der Waals surface area contributed by atoms with Crippen molar-refractivity contribution in [3.05, 3.63) is 64.4 Å². The number of hydrogen-bond donors (Lipinski definition) is 1. The van der Waals surface area contributed by atoms with Crippen molar-refractivity contribution < 1.29 is 14.6 Å². The van der Waals surface area contributed by atoms with Gasteiger partial charge in [0, 0.05) is 18.0 Å². The molecule has 1 aromatic heterocycles. The Morgan fingerprint density at radius 2 is 1.79 bits per heavy atom. The highest BCUT2D eigenvalue weighted by Crippen LogP contribution is 2.34. The summed E-state index contributed by atoms with van der Waals surface area (Å²) in [5, 5.41) is 10.7. The Morgan fingerprint density at radius 1 is 1.00 bits per heavy atom. The quantitative estimate of drug-likeness (QED) is 0.537. The summed E-state index contributed by atoms with van der Waals surface area (Å²) < 4.78 is 13.2. The maximum atomic E-state index is 13.2. The topological polar surface area (TPSA) is 60.7 Å². The van der Waals surface area contributed by atoms with Crippen LogP contribution < -0.4 is 15.0 Å². The van der Waals surface area contributed by atoms with E-state index in [9.17, 15) is 9.90 Å². The molecule has 0 aliphatic heterocycles. The molecule has 0 bridgehead atoms. The number of hydrogen-bond acceptors (Lipinski definition) is 4. The van der Waals surface area contributed by atoms with Gasteiger partial charge in [-0.15, -0.1) is 0 Å². The van der Waals surface area contributed by atoms with Gasteiger partial charge in [0.2, 0.25) is 5.75 Å². The number of pyridine rings is 1. The third-order valence-electron chi connectivity index (χ3n) is 4.83. The van der Waals surface area contributed by atoms with E-state index in [0.717, 1.165) is 36.6 Å². The number of methoxy groups -OCH3 is 1. The number of aromatic hydroxyl groups is 1. The van der Waals surface area contributed by atoms with Crippen LogP contribution in [0.3, 0.4) is 0 Å². The van der Waals surface area contributed by atoms with E-state index in [1.807, 2.05) is 30.3 Å². The first-order valence-electron chi connectivity index (χ1n) is 9.76. The molecule has 0 aliphatic carbocycles. The number of rotatable bonds is 9. The van der Waals surface area contributed by atoms with Gasteiger partial charge < -0.3 is 19.1 Å². The van der Waals surface area contributed by atoms with Crippen LogP contribution in [0, 0.1) is 0 Å². The van der Waals surface area contributed by atoms with Crippen molar-refractivity contribution in [2.75, 3.05) is 7.11 Å². The van der Waals surface area contributed by atoms with Crippen LogP contribution >= 0.6 is 0 Å². The van der Waals surface area contributed by atoms with Crippen molar-refractivity contribution in [2.45, 2.75) is 45.8 Å². The lowest BCUT2D eigenvalue weighted by atomic mass is 10.1. The smallest absolute Gasteiger partial charge is 0.297 e. The maximum absolute atomic E-state index is 13.2. The molecule has 0 atom stereocenters. The van der Waals surface area contributed by atoms with Gasteiger partial charge in [0.25, 0.3) is 5.56 Å². The molecule has 0 amide bonds. The van der Waals surface area contributed by atoms with Gasteiger partial charge in [-0.25, -0.2) is 0 Å². The van der Waals surface area contributed by atoms with Crippen molar-refractivity contribution in [3.8, 4) is 17.2 Å². The Bertz CT molecular complexity index is 979. The van der Waals surface area contributed by atoms with E-state index in [1.165, 1.54) is 7.11 Å². The van der Waals surface area contributed by atoms with Crippen molar-refractivity contribution in [2.24, 2.45) is 0 Å². The molecule has 0 fully saturated rings. The van der Waals surface area contributed by atoms with Crippen molar-refractivity contribution in [3.63, 3.8) is 0 Å². The molecule has 3 rings (SSSR count). The number of benzene rings is 2. The highest BCUT2D eigenvalue weighted by Gasteiger charge is 2.19. The molecule has 2 aromatic carbocycles. The fraction of sp³-hybridized carbons (Fsp3) is 0.348. The average molecular weight is 381 g/mol. The molecule has 1 heterocycles. The number of unbranched alkanes of at least 4 members (excludes halogenated alkanes) is 3. The predicted molar refractivity (Wildman–Crippen MR) is 111 cm³/mol. The number of phenols is 1. The molecule has 5 nitrogen and oxygen atoms in total. The average Bonchev–Trinajstić information content (AvgIpc) is 2.71. The summed E-state index contributed by atoms with van der Waals surface area (Å²) in [7, 11) is 1.53. The zero-order valence-electron chi connectivity index (χ0n) is 16.5. The number of phenolic OH excluding ortho intramolecular Hbond substituents is 1. The number of fused-ring (bicyclic) bond motifs is 1. The van der Waals surface area contributed by atoms with Gasteiger partial charge >= 0.3 is 0 Å². The van der Waals surface area contributed by atoms with E-state index < -0.39 is 0 Å². The molecule has 5 heteroatoms. The molecular formula is C23H27NO4. The summed E-state index contributed by atoms with van der Waals surface area (Å²) in [5.74, 6) is 0.731. The zero-order chi connectivity index (χ0) is 19.9. The number of nitrogens with zero attached hydrogens (tertiary/aromatic N) is 1. The zero-order valence-corrected chi connectivity index (χ0v) is 16.5. The minimum Gasteiger partial charge on any atom is -0.508 e. The molecular weight excluding hydrogens is 354 g/mol. The minimum absolute atomic E-state index is 0.120. The Morgan fingerprint density at radius 3 is 2.50 bits per heavy atom. The van der Waals surface area contributed by atoms with Crippen molar-refractivity contribution in [1.29, 1.82) is 0 Å². The molecule has 0 spiro atoms. The first-order chi connectivity index (χ1) is 13.7. The lowest BCUT2D eigenvalue weighted by molar-refractivity contribution is 0.279. The highest BCUT2D eigenvalue weighted by molar-refractivity contribution is 5.89. The number of ether oxygens (including phenoxy) is 2. The van der Waals surface area contributed by atoms with Gasteiger partial charge in [0.15, 0.2) is 5.75 Å². The molecule has 0 aliphatic rings. The fourth-order valence-electron chi connectivity index (χ4n) is 3.37. The van der Waals surface area contributed by atoms with E-state index in [1.54, 1.807) is 22.8 Å². The molecule has 0 unspecified atom stereocenters. The minimum atomic E-state index is -0.234. The molecule has 0 radical (unpaired) electrons. The lowest BCUT2D eigenvalue weighted by Crippen LogP contribution is -2.23. The Balaban J connectivity index is 2.04. The van der Waals surface area contributed by atoms with Crippen LogP contribution in [0.5, 0.6) is 17.2 Å². The standard InChI is InChI=1S/C23H27NO4/c1-3-4-5-9-14-24-20-15-18(25)12-13-19(20)21(27-2)22(23(24)26)28-16-17-10-7-6-8-11-17/h6-8,10-13,15,25H,3-5,9,14,16H2,1-2H3. The second-order valence-corrected chi connectivity index (χ2v) is 6.86. The van der Waals surface area contributed by atoms with Gasteiger partial charge in [0.1, 0.15) is 12.4 Å². The number of aryl methyl sites for hydroxylation is 1. The van der Waals surface area contributed by atoms with E-state index in [2.05, 4.69) is 6.92 Å². The van der Waals surface area contributed by atoms with Gasteiger partial charge in [-0.05, 0) is 24.1 Å². The van der Waals surface area contributed by atoms with Crippen LogP contribution in [-0.4, -0.2) is 16.8 Å². The van der Waals surface area contributed by atoms with Gasteiger partial charge in [-0.1, -0.05) is 56.5 Å². The molecule has 0 saturated carbocycles. The Kier molecular flexibility index (Phi) is 6.58. The largest absolute Gasteiger partial charge is 0.508 e. The van der Waals surface area contributed by atoms with Crippen LogP contribution in [0.15, 0.2) is 53.3 Å². The first kappa shape index (κ1) is 19.8. The Labute approximate surface area is 165 Å². The Hall–Kier alpha value is -2.95. The summed E-state index contributed by atoms with van der Waals surface area (Å²) in [5.41, 5.74) is 1.40. The van der Waals surface area contributed by atoms with Gasteiger partial charge in [0.05, 0.1) is 12.6 Å². The fourth-order valence-corrected chi connectivity index (χ4v) is 3.37. The van der Waals surface area contributed by atoms with Crippen molar-refractivity contribution >= 4 is 10.9 Å². The van der Waals surface area contributed by atoms with Gasteiger partial charge in [-0.3, -0.25) is 4.79 Å². The van der Waals surface area contributed by atoms with Crippen LogP contribution in [0.2, 0.25) is 0 Å². The van der Waals surface area contributed by atoms with E-state index in [4.69, 9.17) is 9.47 Å². The summed E-state index contributed by atoms with van der Waals surface area (Å²) in [6.07, 6.45) is 4.20. The van der Waals surface area contributed by atoms with E-state index >= 15 is 0 Å². The second kappa shape index (κ2) is 9.31. The maximum Gasteiger partial charge on any atom is 0.297 e. The van der Waals surface area contributed by atoms with Crippen LogP contribution in [0.1, 0.15) is 38.2 Å².